The monoisotopic (exact) mass is 214 g/mol. The predicted octanol–water partition coefficient (Wildman–Crippen LogP) is 0.971. The quantitative estimate of drug-likeness (QED) is 0.576. The average Bonchev–Trinajstić information content (AvgIpc) is 2.21. The summed E-state index contributed by atoms with van der Waals surface area (Å²) >= 11 is 0. The van der Waals surface area contributed by atoms with E-state index < -0.39 is 18.0 Å². The molecule has 86 valence electrons. The summed E-state index contributed by atoms with van der Waals surface area (Å²) in [4.78, 5) is 22.1. The number of urea groups is 1. The van der Waals surface area contributed by atoms with Crippen LogP contribution in [-0.4, -0.2) is 29.7 Å². The van der Waals surface area contributed by atoms with E-state index in [1.807, 2.05) is 6.92 Å². The van der Waals surface area contributed by atoms with Crippen LogP contribution >= 0.6 is 0 Å². The molecule has 0 aliphatic carbocycles. The van der Waals surface area contributed by atoms with Crippen LogP contribution in [0.3, 0.4) is 0 Å². The van der Waals surface area contributed by atoms with E-state index in [1.165, 1.54) is 6.08 Å². The van der Waals surface area contributed by atoms with Gasteiger partial charge in [-0.2, -0.15) is 0 Å². The summed E-state index contributed by atoms with van der Waals surface area (Å²) in [7, 11) is 0. The lowest BCUT2D eigenvalue weighted by molar-refractivity contribution is -0.140. The molecule has 5 nitrogen and oxygen atoms in total. The molecule has 0 saturated heterocycles. The molecule has 15 heavy (non-hydrogen) atoms. The Morgan fingerprint density at radius 3 is 2.53 bits per heavy atom. The van der Waals surface area contributed by atoms with E-state index in [2.05, 4.69) is 17.2 Å². The number of carboxylic acids is 1. The van der Waals surface area contributed by atoms with Gasteiger partial charge >= 0.3 is 12.0 Å². The zero-order valence-corrected chi connectivity index (χ0v) is 9.12. The van der Waals surface area contributed by atoms with Crippen molar-refractivity contribution in [1.29, 1.82) is 0 Å². The molecule has 0 saturated carbocycles. The maximum atomic E-state index is 11.2. The third-order valence-corrected chi connectivity index (χ3v) is 2.17. The smallest absolute Gasteiger partial charge is 0.326 e. The molecular weight excluding hydrogens is 196 g/mol. The van der Waals surface area contributed by atoms with Crippen LogP contribution in [0.1, 0.15) is 20.3 Å². The van der Waals surface area contributed by atoms with Gasteiger partial charge < -0.3 is 15.7 Å². The molecule has 0 spiro atoms. The highest BCUT2D eigenvalue weighted by Gasteiger charge is 2.24. The van der Waals surface area contributed by atoms with Crippen molar-refractivity contribution in [3.05, 3.63) is 12.7 Å². The Hall–Kier alpha value is -1.52. The van der Waals surface area contributed by atoms with Gasteiger partial charge in [-0.15, -0.1) is 6.58 Å². The second-order valence-corrected chi connectivity index (χ2v) is 3.34. The number of amides is 2. The Morgan fingerprint density at radius 2 is 2.13 bits per heavy atom. The molecule has 1 unspecified atom stereocenters. The van der Waals surface area contributed by atoms with Gasteiger partial charge in [-0.3, -0.25) is 0 Å². The van der Waals surface area contributed by atoms with Gasteiger partial charge in [-0.25, -0.2) is 9.59 Å². The number of carboxylic acid groups (broad SMARTS) is 1. The average molecular weight is 214 g/mol. The number of carbonyl (C=O) groups is 2. The Balaban J connectivity index is 4.22. The SMILES string of the molecule is C=CCNC(=O)N[C@H](C(=O)O)C(C)CC. The van der Waals surface area contributed by atoms with Crippen molar-refractivity contribution < 1.29 is 14.7 Å². The third kappa shape index (κ3) is 5.05. The number of aliphatic carboxylic acids is 1. The van der Waals surface area contributed by atoms with Gasteiger partial charge in [0.1, 0.15) is 6.04 Å². The third-order valence-electron chi connectivity index (χ3n) is 2.17. The van der Waals surface area contributed by atoms with E-state index >= 15 is 0 Å². The van der Waals surface area contributed by atoms with Crippen LogP contribution in [0.25, 0.3) is 0 Å². The zero-order valence-electron chi connectivity index (χ0n) is 9.12. The minimum atomic E-state index is -1.02. The fourth-order valence-corrected chi connectivity index (χ4v) is 1.04. The number of hydrogen-bond acceptors (Lipinski definition) is 2. The van der Waals surface area contributed by atoms with E-state index in [1.54, 1.807) is 6.92 Å². The molecule has 5 heteroatoms. The predicted molar refractivity (Wildman–Crippen MR) is 57.6 cm³/mol. The highest BCUT2D eigenvalue weighted by molar-refractivity contribution is 5.82. The van der Waals surface area contributed by atoms with Gasteiger partial charge in [0.2, 0.25) is 0 Å². The van der Waals surface area contributed by atoms with Gasteiger partial charge in [0.05, 0.1) is 0 Å². The molecule has 0 bridgehead atoms. The molecule has 0 radical (unpaired) electrons. The normalized spacial score (nSPS) is 13.7. The van der Waals surface area contributed by atoms with Crippen LogP contribution < -0.4 is 10.6 Å². The number of nitrogens with one attached hydrogen (secondary N) is 2. The van der Waals surface area contributed by atoms with Crippen molar-refractivity contribution in [2.75, 3.05) is 6.54 Å². The van der Waals surface area contributed by atoms with E-state index in [0.29, 0.717) is 13.0 Å². The number of rotatable bonds is 6. The Labute approximate surface area is 89.6 Å². The number of carbonyl (C=O) groups excluding carboxylic acids is 1. The summed E-state index contributed by atoms with van der Waals surface area (Å²) in [6, 6.07) is -1.33. The van der Waals surface area contributed by atoms with Crippen molar-refractivity contribution in [1.82, 2.24) is 10.6 Å². The van der Waals surface area contributed by atoms with E-state index in [-0.39, 0.29) is 5.92 Å². The second-order valence-electron chi connectivity index (χ2n) is 3.34. The minimum absolute atomic E-state index is 0.100. The summed E-state index contributed by atoms with van der Waals surface area (Å²) in [6.45, 7) is 7.42. The van der Waals surface area contributed by atoms with Crippen molar-refractivity contribution in [2.45, 2.75) is 26.3 Å². The molecule has 0 aromatic heterocycles. The topological polar surface area (TPSA) is 78.4 Å². The van der Waals surface area contributed by atoms with Crippen LogP contribution in [0, 0.1) is 5.92 Å². The van der Waals surface area contributed by atoms with E-state index in [0.717, 1.165) is 0 Å². The van der Waals surface area contributed by atoms with Crippen molar-refractivity contribution in [2.24, 2.45) is 5.92 Å². The van der Waals surface area contributed by atoms with Crippen LogP contribution in [0.15, 0.2) is 12.7 Å². The summed E-state index contributed by atoms with van der Waals surface area (Å²) < 4.78 is 0. The second kappa shape index (κ2) is 6.86. The fraction of sp³-hybridized carbons (Fsp3) is 0.600. The van der Waals surface area contributed by atoms with Gasteiger partial charge in [0.25, 0.3) is 0 Å². The molecular formula is C10H18N2O3. The highest BCUT2D eigenvalue weighted by Crippen LogP contribution is 2.07. The first-order chi connectivity index (χ1) is 7.02. The Morgan fingerprint density at radius 1 is 1.53 bits per heavy atom. The molecule has 2 atom stereocenters. The standard InChI is InChI=1S/C10H18N2O3/c1-4-6-11-10(15)12-8(9(13)14)7(3)5-2/h4,7-8H,1,5-6H2,2-3H3,(H,13,14)(H2,11,12,15)/t7?,8-/m0/s1. The first kappa shape index (κ1) is 13.5. The first-order valence-corrected chi connectivity index (χ1v) is 4.91. The van der Waals surface area contributed by atoms with Gasteiger partial charge in [-0.05, 0) is 5.92 Å². The summed E-state index contributed by atoms with van der Waals surface area (Å²) in [6.07, 6.45) is 2.22. The molecule has 0 aromatic rings. The molecule has 0 fully saturated rings. The molecule has 2 amide bonds. The van der Waals surface area contributed by atoms with E-state index in [9.17, 15) is 9.59 Å². The van der Waals surface area contributed by atoms with Gasteiger partial charge in [0, 0.05) is 6.54 Å². The molecule has 0 aliphatic heterocycles. The van der Waals surface area contributed by atoms with Crippen LogP contribution in [0.5, 0.6) is 0 Å². The lowest BCUT2D eigenvalue weighted by atomic mass is 9.99. The fourth-order valence-electron chi connectivity index (χ4n) is 1.04. The van der Waals surface area contributed by atoms with Gasteiger partial charge in [-0.1, -0.05) is 26.3 Å². The van der Waals surface area contributed by atoms with Crippen LogP contribution in [0.4, 0.5) is 4.79 Å². The van der Waals surface area contributed by atoms with Crippen LogP contribution in [-0.2, 0) is 4.79 Å². The molecule has 3 N–H and O–H groups in total. The lowest BCUT2D eigenvalue weighted by Crippen LogP contribution is -2.49. The largest absolute Gasteiger partial charge is 0.480 e. The molecule has 0 rings (SSSR count). The van der Waals surface area contributed by atoms with Crippen molar-refractivity contribution >= 4 is 12.0 Å². The Kier molecular flexibility index (Phi) is 6.17. The number of hydrogen-bond donors (Lipinski definition) is 3. The van der Waals surface area contributed by atoms with Crippen molar-refractivity contribution in [3.8, 4) is 0 Å². The Bertz CT molecular complexity index is 241. The lowest BCUT2D eigenvalue weighted by Gasteiger charge is -2.20. The maximum absolute atomic E-state index is 11.2. The summed E-state index contributed by atoms with van der Waals surface area (Å²) in [5.74, 6) is -1.12. The van der Waals surface area contributed by atoms with Gasteiger partial charge in [0.15, 0.2) is 0 Å². The maximum Gasteiger partial charge on any atom is 0.326 e. The molecule has 0 aliphatic rings. The highest BCUT2D eigenvalue weighted by atomic mass is 16.4. The molecule has 0 heterocycles. The van der Waals surface area contributed by atoms with Crippen molar-refractivity contribution in [3.63, 3.8) is 0 Å². The summed E-state index contributed by atoms with van der Waals surface area (Å²) in [5.41, 5.74) is 0. The van der Waals surface area contributed by atoms with E-state index in [4.69, 9.17) is 5.11 Å². The first-order valence-electron chi connectivity index (χ1n) is 4.91. The van der Waals surface area contributed by atoms with Crippen LogP contribution in [0.2, 0.25) is 0 Å². The zero-order chi connectivity index (χ0) is 11.8. The minimum Gasteiger partial charge on any atom is -0.480 e. The summed E-state index contributed by atoms with van der Waals surface area (Å²) in [5, 5.41) is 13.8. The molecule has 0 aromatic carbocycles.